The molecule has 4 aromatic carbocycles. The van der Waals surface area contributed by atoms with Crippen LogP contribution in [0.3, 0.4) is 0 Å². The molecule has 57 heavy (non-hydrogen) atoms. The third-order valence-corrected chi connectivity index (χ3v) is 17.1. The van der Waals surface area contributed by atoms with Crippen molar-refractivity contribution in [2.75, 3.05) is 6.61 Å². The molecule has 0 amide bonds. The van der Waals surface area contributed by atoms with Gasteiger partial charge in [-0.3, -0.25) is 0 Å². The molecule has 2 saturated heterocycles. The van der Waals surface area contributed by atoms with Gasteiger partial charge in [-0.1, -0.05) is 161 Å². The summed E-state index contributed by atoms with van der Waals surface area (Å²) in [6.07, 6.45) is -3.84. The molecule has 10 atom stereocenters. The van der Waals surface area contributed by atoms with E-state index in [4.69, 9.17) is 33.0 Å². The van der Waals surface area contributed by atoms with Crippen LogP contribution < -0.4 is 10.4 Å². The maximum atomic E-state index is 11.7. The molecule has 2 heterocycles. The van der Waals surface area contributed by atoms with Crippen LogP contribution in [0.1, 0.15) is 47.1 Å². The van der Waals surface area contributed by atoms with Crippen molar-refractivity contribution in [3.63, 3.8) is 0 Å². The molecule has 0 aromatic heterocycles. The van der Waals surface area contributed by atoms with Crippen molar-refractivity contribution in [1.82, 2.24) is 0 Å². The van der Waals surface area contributed by atoms with Crippen LogP contribution >= 0.6 is 11.8 Å². The fourth-order valence-corrected chi connectivity index (χ4v) is 13.6. The third-order valence-electron chi connectivity index (χ3n) is 10.8. The van der Waals surface area contributed by atoms with Crippen molar-refractivity contribution in [3.8, 4) is 0 Å². The van der Waals surface area contributed by atoms with Crippen LogP contribution in [0.4, 0.5) is 0 Å². The third kappa shape index (κ3) is 10.5. The van der Waals surface area contributed by atoms with E-state index in [9.17, 15) is 10.6 Å². The number of benzene rings is 4. The minimum absolute atomic E-state index is 0.0843. The first-order valence-electron chi connectivity index (χ1n) is 19.2. The molecule has 2 aliphatic heterocycles. The summed E-state index contributed by atoms with van der Waals surface area (Å²) in [4.78, 5) is 20.5. The van der Waals surface area contributed by atoms with Gasteiger partial charge >= 0.3 is 6.15 Å². The van der Waals surface area contributed by atoms with E-state index in [1.54, 1.807) is 11.8 Å². The number of hydrogen-bond acceptors (Lipinski definition) is 10. The zero-order valence-electron chi connectivity index (χ0n) is 33.3. The molecule has 11 nitrogen and oxygen atoms in total. The zero-order valence-corrected chi connectivity index (χ0v) is 35.1. The molecule has 4 aromatic rings. The molecule has 2 aliphatic rings. The lowest BCUT2D eigenvalue weighted by molar-refractivity contribution is -0.304. The normalized spacial score (nSPS) is 27.6. The second-order valence-electron chi connectivity index (χ2n) is 15.5. The molecular weight excluding hydrogens is 759 g/mol. The van der Waals surface area contributed by atoms with Crippen molar-refractivity contribution in [2.24, 2.45) is 17.0 Å². The Morgan fingerprint density at radius 2 is 1.33 bits per heavy atom. The Bertz CT molecular complexity index is 1860. The minimum Gasteiger partial charge on any atom is -0.405 e. The highest BCUT2D eigenvalue weighted by molar-refractivity contribution is 7.99. The highest BCUT2D eigenvalue weighted by Gasteiger charge is 2.53. The molecule has 0 bridgehead atoms. The number of aliphatic hydroxyl groups is 1. The number of azide groups is 1. The maximum Gasteiger partial charge on any atom is 0.373 e. The van der Waals surface area contributed by atoms with Crippen LogP contribution in [0.25, 0.3) is 10.4 Å². The Hall–Kier alpha value is -4.10. The fourth-order valence-electron chi connectivity index (χ4n) is 7.82. The van der Waals surface area contributed by atoms with E-state index in [0.29, 0.717) is 6.61 Å². The molecular formula is C44H53N3O8SSi. The molecule has 1 N–H and O–H groups in total. The van der Waals surface area contributed by atoms with Gasteiger partial charge in [-0.15, -0.1) is 0 Å². The highest BCUT2D eigenvalue weighted by atomic mass is 32.2. The number of thioether (sulfide) groups is 1. The summed E-state index contributed by atoms with van der Waals surface area (Å²) >= 11 is 1.67. The van der Waals surface area contributed by atoms with Gasteiger partial charge in [0.2, 0.25) is 0 Å². The Labute approximate surface area is 340 Å². The largest absolute Gasteiger partial charge is 0.405 e. The molecule has 0 saturated carbocycles. The molecule has 0 spiro atoms. The van der Waals surface area contributed by atoms with E-state index in [1.807, 2.05) is 98.8 Å². The Kier molecular flexibility index (Phi) is 15.9. The lowest BCUT2D eigenvalue weighted by Gasteiger charge is -2.49. The number of aliphatic hydroxyl groups excluding tert-OH is 1. The van der Waals surface area contributed by atoms with Gasteiger partial charge in [-0.05, 0) is 51.5 Å². The number of hydrogen-bond donors (Lipinski definition) is 1. The van der Waals surface area contributed by atoms with E-state index < -0.39 is 51.0 Å². The van der Waals surface area contributed by atoms with E-state index in [1.165, 1.54) is 0 Å². The van der Waals surface area contributed by atoms with Gasteiger partial charge in [-0.2, -0.15) is 9.59 Å². The number of carbonyl (C=O) groups excluding carboxylic acids is 2. The van der Waals surface area contributed by atoms with Crippen LogP contribution in [0.5, 0.6) is 0 Å². The summed E-state index contributed by atoms with van der Waals surface area (Å²) in [7, 11) is -2.95. The Balaban J connectivity index is 0.00000200. The maximum absolute atomic E-state index is 11.7. The molecule has 4 unspecified atom stereocenters. The van der Waals surface area contributed by atoms with E-state index in [-0.39, 0.29) is 35.3 Å². The number of nitrogens with zero attached hydrogens (tertiary/aromatic N) is 3. The van der Waals surface area contributed by atoms with Crippen molar-refractivity contribution in [1.29, 1.82) is 0 Å². The predicted molar refractivity (Wildman–Crippen MR) is 221 cm³/mol. The first kappa shape index (κ1) is 44.0. The van der Waals surface area contributed by atoms with Crippen LogP contribution in [0.15, 0.2) is 131 Å². The summed E-state index contributed by atoms with van der Waals surface area (Å²) < 4.78 is 34.2. The number of ether oxygens (including phenoxy) is 4. The molecule has 0 aliphatic carbocycles. The predicted octanol–water partition coefficient (Wildman–Crippen LogP) is 7.52. The first-order valence-corrected chi connectivity index (χ1v) is 22.0. The van der Waals surface area contributed by atoms with Gasteiger partial charge in [0.1, 0.15) is 17.6 Å². The van der Waals surface area contributed by atoms with Gasteiger partial charge in [0.15, 0.2) is 6.29 Å². The van der Waals surface area contributed by atoms with Gasteiger partial charge < -0.3 is 28.5 Å². The van der Waals surface area contributed by atoms with Crippen LogP contribution in [-0.2, 0) is 39.6 Å². The van der Waals surface area contributed by atoms with Gasteiger partial charge in [0, 0.05) is 15.7 Å². The van der Waals surface area contributed by atoms with Crippen LogP contribution in [0.2, 0.25) is 5.04 Å². The molecule has 6 rings (SSSR count). The van der Waals surface area contributed by atoms with Crippen molar-refractivity contribution >= 4 is 36.6 Å². The summed E-state index contributed by atoms with van der Waals surface area (Å²) in [5, 5.41) is 17.9. The Morgan fingerprint density at radius 1 is 0.807 bits per heavy atom. The molecule has 13 heteroatoms. The lowest BCUT2D eigenvalue weighted by atomic mass is 9.88. The van der Waals surface area contributed by atoms with Gasteiger partial charge in [0.25, 0.3) is 8.32 Å². The monoisotopic (exact) mass is 811 g/mol. The van der Waals surface area contributed by atoms with E-state index in [2.05, 4.69) is 74.1 Å². The SMILES string of the molecule is CC1O[C@@H](Sc2ccccc2)C(C)[C@H](OCc2ccccc2)[C@@H]1O[C@H]1OC(CO[Si](c2ccccc2)(c2ccccc2)C(C)(C)C)[C@@H](O)[C@H](C)C1N=[N+]=[N-].O=C=O. The smallest absolute Gasteiger partial charge is 0.373 e. The molecule has 0 radical (unpaired) electrons. The van der Waals surface area contributed by atoms with Gasteiger partial charge in [0.05, 0.1) is 37.6 Å². The van der Waals surface area contributed by atoms with Crippen molar-refractivity contribution in [3.05, 3.63) is 137 Å². The van der Waals surface area contributed by atoms with Crippen molar-refractivity contribution in [2.45, 2.75) is 106 Å². The fraction of sp³-hybridized carbons (Fsp3) is 0.432. The highest BCUT2D eigenvalue weighted by Crippen LogP contribution is 2.42. The van der Waals surface area contributed by atoms with E-state index in [0.717, 1.165) is 20.8 Å². The average molecular weight is 812 g/mol. The molecule has 2 fully saturated rings. The zero-order chi connectivity index (χ0) is 41.0. The Morgan fingerprint density at radius 3 is 1.86 bits per heavy atom. The second-order valence-corrected chi connectivity index (χ2v) is 21.0. The number of rotatable bonds is 13. The quantitative estimate of drug-likeness (QED) is 0.0626. The second kappa shape index (κ2) is 20.5. The standard InChI is InChI=1S/C43H53N3O6SSi.CO2/c1-29-37(45-46-44)41(51-36(38(29)47)28-49-54(43(4,5)6,34-23-15-9-16-24-34)35-25-17-10-18-26-35)52-40-31(3)50-42(53-33-21-13-8-14-22-33)30(2)39(40)48-27-32-19-11-7-12-20-32;2-1-3/h7-26,29-31,36-42,47H,27-28H2,1-6H3;/t29-,30?,31?,36?,37?,38+,39+,40-,41-,42+;/m1./s1. The minimum atomic E-state index is -2.95. The van der Waals surface area contributed by atoms with Crippen LogP contribution in [0, 0.1) is 11.8 Å². The summed E-state index contributed by atoms with van der Waals surface area (Å²) in [5.74, 6) is -0.575. The van der Waals surface area contributed by atoms with Crippen molar-refractivity contribution < 1.29 is 38.1 Å². The first-order chi connectivity index (χ1) is 27.4. The topological polar surface area (TPSA) is 149 Å². The summed E-state index contributed by atoms with van der Waals surface area (Å²) in [5.41, 5.74) is 10.5. The lowest BCUT2D eigenvalue weighted by Crippen LogP contribution is -2.68. The average Bonchev–Trinajstić information content (AvgIpc) is 3.21. The molecule has 302 valence electrons. The van der Waals surface area contributed by atoms with Gasteiger partial charge in [-0.25, -0.2) is 0 Å². The summed E-state index contributed by atoms with van der Waals surface area (Å²) in [6, 6.07) is 40.2. The van der Waals surface area contributed by atoms with Crippen LogP contribution in [-0.4, -0.2) is 74.5 Å². The summed E-state index contributed by atoms with van der Waals surface area (Å²) in [6.45, 7) is 13.1. The van der Waals surface area contributed by atoms with E-state index >= 15 is 0 Å².